The molecule has 0 aromatic carbocycles. The van der Waals surface area contributed by atoms with Gasteiger partial charge in [-0.3, -0.25) is 0 Å². The highest BCUT2D eigenvalue weighted by atomic mass is 16.5. The quantitative estimate of drug-likeness (QED) is 0.833. The summed E-state index contributed by atoms with van der Waals surface area (Å²) < 4.78 is 11.0. The van der Waals surface area contributed by atoms with Crippen LogP contribution in [0.1, 0.15) is 31.9 Å². The molecule has 1 fully saturated rings. The number of methoxy groups -OCH3 is 2. The van der Waals surface area contributed by atoms with Gasteiger partial charge in [0.05, 0.1) is 0 Å². The summed E-state index contributed by atoms with van der Waals surface area (Å²) in [5.41, 5.74) is 1.23. The first kappa shape index (κ1) is 16.2. The van der Waals surface area contributed by atoms with Crippen molar-refractivity contribution in [2.45, 2.75) is 38.5 Å². The van der Waals surface area contributed by atoms with Crippen LogP contribution >= 0.6 is 0 Å². The molecule has 2 rings (SSSR count). The number of ether oxygens (including phenoxy) is 2. The average molecular weight is 293 g/mol. The second kappa shape index (κ2) is 7.73. The molecule has 1 aliphatic heterocycles. The Morgan fingerprint density at radius 3 is 2.57 bits per heavy atom. The van der Waals surface area contributed by atoms with Gasteiger partial charge < -0.3 is 19.7 Å². The molecule has 21 heavy (non-hydrogen) atoms. The lowest BCUT2D eigenvalue weighted by Gasteiger charge is -2.23. The molecule has 0 amide bonds. The summed E-state index contributed by atoms with van der Waals surface area (Å²) in [6, 6.07) is 4.44. The Hall–Kier alpha value is -1.17. The molecule has 118 valence electrons. The molecular formula is C16H27N3O2. The van der Waals surface area contributed by atoms with Crippen LogP contribution in [0.3, 0.4) is 0 Å². The molecule has 1 aromatic rings. The fourth-order valence-corrected chi connectivity index (χ4v) is 2.85. The standard InChI is InChI=1S/C16H27N3O2/c1-5-8-17-12(2)13-7-6-9-18-16(13)19-10-14(20-3)15(11-19)21-4/h6-7,9,12,14-15,17H,5,8,10-11H2,1-4H3. The van der Waals surface area contributed by atoms with Crippen molar-refractivity contribution in [3.8, 4) is 0 Å². The lowest BCUT2D eigenvalue weighted by atomic mass is 10.1. The predicted octanol–water partition coefficient (Wildman–Crippen LogP) is 1.99. The Kier molecular flexibility index (Phi) is 5.96. The molecule has 5 heteroatoms. The number of anilines is 1. The predicted molar refractivity (Wildman–Crippen MR) is 84.8 cm³/mol. The molecule has 1 aromatic heterocycles. The Labute approximate surface area is 127 Å². The van der Waals surface area contributed by atoms with E-state index in [-0.39, 0.29) is 18.2 Å². The average Bonchev–Trinajstić information content (AvgIpc) is 2.95. The molecule has 2 heterocycles. The summed E-state index contributed by atoms with van der Waals surface area (Å²) in [4.78, 5) is 6.87. The molecular weight excluding hydrogens is 266 g/mol. The van der Waals surface area contributed by atoms with Crippen LogP contribution in [0.25, 0.3) is 0 Å². The van der Waals surface area contributed by atoms with Crippen molar-refractivity contribution in [2.24, 2.45) is 0 Å². The van der Waals surface area contributed by atoms with E-state index in [4.69, 9.17) is 9.47 Å². The van der Waals surface area contributed by atoms with Crippen molar-refractivity contribution in [3.63, 3.8) is 0 Å². The number of nitrogens with one attached hydrogen (secondary N) is 1. The zero-order valence-electron chi connectivity index (χ0n) is 13.5. The molecule has 3 atom stereocenters. The van der Waals surface area contributed by atoms with Crippen LogP contribution < -0.4 is 10.2 Å². The van der Waals surface area contributed by atoms with Crippen molar-refractivity contribution in [3.05, 3.63) is 23.9 Å². The van der Waals surface area contributed by atoms with Crippen LogP contribution in [-0.4, -0.2) is 51.0 Å². The third-order valence-corrected chi connectivity index (χ3v) is 4.10. The monoisotopic (exact) mass is 293 g/mol. The van der Waals surface area contributed by atoms with E-state index in [1.54, 1.807) is 14.2 Å². The highest BCUT2D eigenvalue weighted by Crippen LogP contribution is 2.28. The van der Waals surface area contributed by atoms with E-state index in [1.165, 1.54) is 5.56 Å². The fourth-order valence-electron chi connectivity index (χ4n) is 2.85. The molecule has 5 nitrogen and oxygen atoms in total. The minimum atomic E-state index is 0.101. The van der Waals surface area contributed by atoms with Gasteiger partial charge in [0.15, 0.2) is 0 Å². The van der Waals surface area contributed by atoms with Gasteiger partial charge in [-0.25, -0.2) is 4.98 Å². The Balaban J connectivity index is 2.16. The third kappa shape index (κ3) is 3.73. The van der Waals surface area contributed by atoms with Crippen LogP contribution in [0.5, 0.6) is 0 Å². The van der Waals surface area contributed by atoms with Crippen LogP contribution in [0.15, 0.2) is 18.3 Å². The Morgan fingerprint density at radius 1 is 1.33 bits per heavy atom. The van der Waals surface area contributed by atoms with Gasteiger partial charge in [0.25, 0.3) is 0 Å². The molecule has 0 radical (unpaired) electrons. The van der Waals surface area contributed by atoms with E-state index in [0.29, 0.717) is 0 Å². The van der Waals surface area contributed by atoms with Gasteiger partial charge >= 0.3 is 0 Å². The normalized spacial score (nSPS) is 23.5. The summed E-state index contributed by atoms with van der Waals surface area (Å²) in [6.07, 6.45) is 3.18. The minimum absolute atomic E-state index is 0.101. The van der Waals surface area contributed by atoms with Crippen LogP contribution in [0.2, 0.25) is 0 Å². The van der Waals surface area contributed by atoms with Gasteiger partial charge in [0.2, 0.25) is 0 Å². The third-order valence-electron chi connectivity index (χ3n) is 4.10. The van der Waals surface area contributed by atoms with E-state index >= 15 is 0 Å². The van der Waals surface area contributed by atoms with Gasteiger partial charge in [-0.15, -0.1) is 0 Å². The summed E-state index contributed by atoms with van der Waals surface area (Å²) in [6.45, 7) is 7.01. The first-order valence-electron chi connectivity index (χ1n) is 7.70. The second-order valence-corrected chi connectivity index (χ2v) is 5.55. The molecule has 1 saturated heterocycles. The first-order chi connectivity index (χ1) is 10.2. The zero-order valence-corrected chi connectivity index (χ0v) is 13.5. The molecule has 0 bridgehead atoms. The van der Waals surface area contributed by atoms with E-state index < -0.39 is 0 Å². The minimum Gasteiger partial charge on any atom is -0.377 e. The molecule has 1 N–H and O–H groups in total. The Bertz CT molecular complexity index is 429. The number of rotatable bonds is 7. The van der Waals surface area contributed by atoms with Crippen LogP contribution in [0, 0.1) is 0 Å². The first-order valence-corrected chi connectivity index (χ1v) is 7.70. The molecule has 0 saturated carbocycles. The maximum absolute atomic E-state index is 5.52. The Morgan fingerprint density at radius 2 is 2.00 bits per heavy atom. The zero-order chi connectivity index (χ0) is 15.2. The lowest BCUT2D eigenvalue weighted by Crippen LogP contribution is -2.27. The maximum Gasteiger partial charge on any atom is 0.133 e. The summed E-state index contributed by atoms with van der Waals surface area (Å²) in [5, 5.41) is 3.53. The lowest BCUT2D eigenvalue weighted by molar-refractivity contribution is -0.00461. The summed E-state index contributed by atoms with van der Waals surface area (Å²) >= 11 is 0. The number of hydrogen-bond donors (Lipinski definition) is 1. The smallest absolute Gasteiger partial charge is 0.133 e. The van der Waals surface area contributed by atoms with Crippen molar-refractivity contribution < 1.29 is 9.47 Å². The van der Waals surface area contributed by atoms with Gasteiger partial charge in [0.1, 0.15) is 18.0 Å². The highest BCUT2D eigenvalue weighted by Gasteiger charge is 2.34. The topological polar surface area (TPSA) is 46.6 Å². The SMILES string of the molecule is CCCNC(C)c1cccnc1N1CC(OC)C(OC)C1. The van der Waals surface area contributed by atoms with Crippen molar-refractivity contribution in [2.75, 3.05) is 38.8 Å². The van der Waals surface area contributed by atoms with E-state index in [1.807, 2.05) is 12.3 Å². The summed E-state index contributed by atoms with van der Waals surface area (Å²) in [7, 11) is 3.48. The van der Waals surface area contributed by atoms with E-state index in [2.05, 4.69) is 35.1 Å². The molecule has 1 aliphatic rings. The van der Waals surface area contributed by atoms with Gasteiger partial charge in [-0.1, -0.05) is 13.0 Å². The number of aromatic nitrogens is 1. The van der Waals surface area contributed by atoms with Crippen LogP contribution in [-0.2, 0) is 9.47 Å². The number of nitrogens with zero attached hydrogens (tertiary/aromatic N) is 2. The van der Waals surface area contributed by atoms with Crippen LogP contribution in [0.4, 0.5) is 5.82 Å². The molecule has 0 aliphatic carbocycles. The van der Waals surface area contributed by atoms with Gasteiger partial charge in [0, 0.05) is 45.1 Å². The van der Waals surface area contributed by atoms with Gasteiger partial charge in [-0.05, 0) is 26.0 Å². The van der Waals surface area contributed by atoms with E-state index in [9.17, 15) is 0 Å². The van der Waals surface area contributed by atoms with Crippen molar-refractivity contribution in [1.82, 2.24) is 10.3 Å². The highest BCUT2D eigenvalue weighted by molar-refractivity contribution is 5.49. The molecule has 0 spiro atoms. The summed E-state index contributed by atoms with van der Waals surface area (Å²) in [5.74, 6) is 1.04. The van der Waals surface area contributed by atoms with Gasteiger partial charge in [-0.2, -0.15) is 0 Å². The number of hydrogen-bond acceptors (Lipinski definition) is 5. The van der Waals surface area contributed by atoms with Crippen molar-refractivity contribution >= 4 is 5.82 Å². The van der Waals surface area contributed by atoms with E-state index in [0.717, 1.165) is 31.9 Å². The largest absolute Gasteiger partial charge is 0.377 e. The van der Waals surface area contributed by atoms with Crippen molar-refractivity contribution in [1.29, 1.82) is 0 Å². The maximum atomic E-state index is 5.52. The number of pyridine rings is 1. The fraction of sp³-hybridized carbons (Fsp3) is 0.688. The second-order valence-electron chi connectivity index (χ2n) is 5.55. The molecule has 3 unspecified atom stereocenters.